The maximum absolute atomic E-state index is 13.5. The summed E-state index contributed by atoms with van der Waals surface area (Å²) in [6.07, 6.45) is 3.40. The molecule has 184 valence electrons. The van der Waals surface area contributed by atoms with Crippen LogP contribution in [0.2, 0.25) is 0 Å². The van der Waals surface area contributed by atoms with E-state index >= 15 is 0 Å². The number of hydrogen-bond donors (Lipinski definition) is 0. The smallest absolute Gasteiger partial charge is 0.273 e. The number of fused-ring (bicyclic) bond motifs is 2. The number of nitrogens with zero attached hydrogens (tertiary/aromatic N) is 6. The molecule has 3 atom stereocenters. The summed E-state index contributed by atoms with van der Waals surface area (Å²) in [4.78, 5) is 15.3. The Bertz CT molecular complexity index is 1660. The van der Waals surface area contributed by atoms with Gasteiger partial charge in [0.2, 0.25) is 0 Å². The van der Waals surface area contributed by atoms with E-state index in [1.165, 1.54) is 34.1 Å². The second-order valence-electron chi connectivity index (χ2n) is 10.2. The fourth-order valence-electron chi connectivity index (χ4n) is 6.53. The van der Waals surface area contributed by atoms with Crippen molar-refractivity contribution in [2.24, 2.45) is 13.0 Å². The fourth-order valence-corrected chi connectivity index (χ4v) is 6.53. The molecule has 37 heavy (non-hydrogen) atoms. The summed E-state index contributed by atoms with van der Waals surface area (Å²) in [6.45, 7) is 3.47. The van der Waals surface area contributed by atoms with Crippen LogP contribution in [0.1, 0.15) is 33.1 Å². The van der Waals surface area contributed by atoms with Gasteiger partial charge in [-0.15, -0.1) is 5.10 Å². The molecular weight excluding hydrogens is 467 g/mol. The predicted octanol–water partition coefficient (Wildman–Crippen LogP) is 4.41. The van der Waals surface area contributed by atoms with Gasteiger partial charge in [-0.2, -0.15) is 5.10 Å². The summed E-state index contributed by atoms with van der Waals surface area (Å²) >= 11 is 0. The number of halogens is 1. The molecule has 2 fully saturated rings. The molecule has 2 aliphatic rings. The van der Waals surface area contributed by atoms with E-state index in [0.717, 1.165) is 22.2 Å². The molecule has 3 unspecified atom stereocenters. The van der Waals surface area contributed by atoms with E-state index in [2.05, 4.69) is 58.7 Å². The molecule has 1 amide bonds. The Morgan fingerprint density at radius 3 is 2.57 bits per heavy atom. The third-order valence-corrected chi connectivity index (χ3v) is 8.25. The molecule has 8 heteroatoms. The quantitative estimate of drug-likeness (QED) is 0.373. The number of aryl methyl sites for hydroxylation is 2. The zero-order valence-corrected chi connectivity index (χ0v) is 20.5. The molecule has 3 aromatic carbocycles. The van der Waals surface area contributed by atoms with Crippen molar-refractivity contribution >= 4 is 16.8 Å². The van der Waals surface area contributed by atoms with E-state index in [1.807, 2.05) is 21.8 Å². The normalized spacial score (nSPS) is 22.4. The van der Waals surface area contributed by atoms with Crippen LogP contribution in [-0.2, 0) is 12.5 Å². The highest BCUT2D eigenvalue weighted by molar-refractivity contribution is 5.93. The molecule has 1 saturated carbocycles. The van der Waals surface area contributed by atoms with E-state index in [1.54, 1.807) is 19.2 Å². The lowest BCUT2D eigenvalue weighted by molar-refractivity contribution is 0.0758. The van der Waals surface area contributed by atoms with Crippen molar-refractivity contribution in [1.82, 2.24) is 29.7 Å². The Kier molecular flexibility index (Phi) is 4.64. The SMILES string of the molecule is Cc1cc2c(cnn2-c2ccc(F)cc2)cc1C12CN(C(=O)c3cnnn3C)CC1C2c1ccccc1. The van der Waals surface area contributed by atoms with E-state index in [4.69, 9.17) is 0 Å². The lowest BCUT2D eigenvalue weighted by Crippen LogP contribution is -2.35. The van der Waals surface area contributed by atoms with Crippen LogP contribution in [0.4, 0.5) is 4.39 Å². The first kappa shape index (κ1) is 21.9. The van der Waals surface area contributed by atoms with Crippen LogP contribution in [-0.4, -0.2) is 48.7 Å². The monoisotopic (exact) mass is 492 g/mol. The van der Waals surface area contributed by atoms with Gasteiger partial charge in [0.15, 0.2) is 0 Å². The molecule has 5 aromatic rings. The highest BCUT2D eigenvalue weighted by Gasteiger charge is 2.71. The van der Waals surface area contributed by atoms with Crippen molar-refractivity contribution in [2.45, 2.75) is 18.3 Å². The van der Waals surface area contributed by atoms with Crippen LogP contribution >= 0.6 is 0 Å². The maximum atomic E-state index is 13.5. The van der Waals surface area contributed by atoms with Gasteiger partial charge in [-0.25, -0.2) is 13.8 Å². The Hall–Kier alpha value is -4.33. The third kappa shape index (κ3) is 3.18. The highest BCUT2D eigenvalue weighted by atomic mass is 19.1. The molecule has 1 saturated heterocycles. The number of amides is 1. The molecule has 1 aliphatic heterocycles. The van der Waals surface area contributed by atoms with Crippen LogP contribution in [0.25, 0.3) is 16.6 Å². The predicted molar refractivity (Wildman–Crippen MR) is 137 cm³/mol. The summed E-state index contributed by atoms with van der Waals surface area (Å²) < 4.78 is 16.9. The lowest BCUT2D eigenvalue weighted by atomic mass is 9.86. The average molecular weight is 493 g/mol. The molecule has 0 N–H and O–H groups in total. The van der Waals surface area contributed by atoms with E-state index < -0.39 is 0 Å². The molecule has 0 radical (unpaired) electrons. The number of hydrogen-bond acceptors (Lipinski definition) is 4. The van der Waals surface area contributed by atoms with Gasteiger partial charge >= 0.3 is 0 Å². The van der Waals surface area contributed by atoms with Crippen molar-refractivity contribution in [2.75, 3.05) is 13.1 Å². The van der Waals surface area contributed by atoms with Gasteiger partial charge in [0.25, 0.3) is 5.91 Å². The molecule has 0 bridgehead atoms. The molecular formula is C29H25FN6O. The topological polar surface area (TPSA) is 68.8 Å². The van der Waals surface area contributed by atoms with Crippen LogP contribution < -0.4 is 0 Å². The van der Waals surface area contributed by atoms with Crippen molar-refractivity contribution < 1.29 is 9.18 Å². The van der Waals surface area contributed by atoms with Gasteiger partial charge in [-0.05, 0) is 65.9 Å². The molecule has 0 spiro atoms. The highest BCUT2D eigenvalue weighted by Crippen LogP contribution is 2.69. The standard InChI is InChI=1S/C29H25FN6O/c1-18-12-25-20(14-32-36(25)22-10-8-21(30)9-11-22)13-23(18)29-17-35(28(37)26-15-31-33-34(26)2)16-24(29)27(29)19-6-4-3-5-7-19/h3-15,24,27H,16-17H2,1-2H3. The van der Waals surface area contributed by atoms with Gasteiger partial charge < -0.3 is 4.90 Å². The number of likely N-dealkylation sites (tertiary alicyclic amines) is 1. The average Bonchev–Trinajstić information content (AvgIpc) is 3.32. The lowest BCUT2D eigenvalue weighted by Gasteiger charge is -2.25. The Balaban J connectivity index is 1.31. The minimum atomic E-state index is -0.272. The van der Waals surface area contributed by atoms with E-state index in [9.17, 15) is 9.18 Å². The van der Waals surface area contributed by atoms with Crippen molar-refractivity contribution in [3.05, 3.63) is 107 Å². The van der Waals surface area contributed by atoms with Crippen LogP contribution in [0.15, 0.2) is 79.1 Å². The van der Waals surface area contributed by atoms with E-state index in [-0.39, 0.29) is 17.1 Å². The maximum Gasteiger partial charge on any atom is 0.273 e. The first-order valence-corrected chi connectivity index (χ1v) is 12.4. The van der Waals surface area contributed by atoms with Crippen LogP contribution in [0, 0.1) is 18.7 Å². The second-order valence-corrected chi connectivity index (χ2v) is 10.2. The Labute approximate surface area is 213 Å². The molecule has 3 heterocycles. The molecule has 2 aromatic heterocycles. The molecule has 7 rings (SSSR count). The minimum absolute atomic E-state index is 0.0336. The second kappa shape index (κ2) is 7.83. The molecule has 1 aliphatic carbocycles. The first-order valence-electron chi connectivity index (χ1n) is 12.4. The zero-order valence-electron chi connectivity index (χ0n) is 20.5. The van der Waals surface area contributed by atoms with E-state index in [0.29, 0.717) is 30.6 Å². The van der Waals surface area contributed by atoms with Gasteiger partial charge in [-0.3, -0.25) is 4.79 Å². The first-order chi connectivity index (χ1) is 18.0. The van der Waals surface area contributed by atoms with Crippen LogP contribution in [0.3, 0.4) is 0 Å². The number of benzene rings is 3. The number of aromatic nitrogens is 5. The largest absolute Gasteiger partial charge is 0.336 e. The van der Waals surface area contributed by atoms with Crippen molar-refractivity contribution in [3.63, 3.8) is 0 Å². The van der Waals surface area contributed by atoms with Crippen LogP contribution in [0.5, 0.6) is 0 Å². The minimum Gasteiger partial charge on any atom is -0.336 e. The summed E-state index contributed by atoms with van der Waals surface area (Å²) in [5, 5.41) is 13.5. The van der Waals surface area contributed by atoms with Gasteiger partial charge in [0, 0.05) is 36.9 Å². The Morgan fingerprint density at radius 1 is 1.05 bits per heavy atom. The molecule has 7 nitrogen and oxygen atoms in total. The van der Waals surface area contributed by atoms with Gasteiger partial charge in [0.05, 0.1) is 23.6 Å². The number of carbonyl (C=O) groups is 1. The zero-order chi connectivity index (χ0) is 25.3. The Morgan fingerprint density at radius 2 is 1.84 bits per heavy atom. The summed E-state index contributed by atoms with van der Waals surface area (Å²) in [5.74, 6) is 0.356. The number of carbonyl (C=O) groups excluding carboxylic acids is 1. The fraction of sp³-hybridized carbons (Fsp3) is 0.241. The van der Waals surface area contributed by atoms with Gasteiger partial charge in [-0.1, -0.05) is 35.5 Å². The third-order valence-electron chi connectivity index (χ3n) is 8.25. The van der Waals surface area contributed by atoms with Crippen molar-refractivity contribution in [1.29, 1.82) is 0 Å². The summed E-state index contributed by atoms with van der Waals surface area (Å²) in [7, 11) is 1.75. The summed E-state index contributed by atoms with van der Waals surface area (Å²) in [6, 6.07) is 21.4. The van der Waals surface area contributed by atoms with Crippen molar-refractivity contribution in [3.8, 4) is 5.69 Å². The number of piperidine rings is 1. The number of rotatable bonds is 4. The summed E-state index contributed by atoms with van der Waals surface area (Å²) in [5.41, 5.74) is 5.86. The van der Waals surface area contributed by atoms with Gasteiger partial charge in [0.1, 0.15) is 11.5 Å².